The third-order valence-electron chi connectivity index (χ3n) is 4.81. The number of carbonyl (C=O) groups excluding carboxylic acids is 3. The van der Waals surface area contributed by atoms with Crippen LogP contribution < -0.4 is 0 Å². The van der Waals surface area contributed by atoms with Crippen LogP contribution in [0, 0.1) is 0 Å². The number of hydrogen-bond acceptors (Lipinski definition) is 3. The summed E-state index contributed by atoms with van der Waals surface area (Å²) in [5, 5.41) is 1.01. The van der Waals surface area contributed by atoms with E-state index < -0.39 is 0 Å². The Morgan fingerprint density at radius 3 is 2.22 bits per heavy atom. The first-order chi connectivity index (χ1) is 12.8. The van der Waals surface area contributed by atoms with Gasteiger partial charge < -0.3 is 4.90 Å². The van der Waals surface area contributed by atoms with Crippen molar-refractivity contribution in [2.75, 3.05) is 13.6 Å². The molecule has 1 heterocycles. The lowest BCUT2D eigenvalue weighted by Gasteiger charge is -2.27. The smallest absolute Gasteiger partial charge is 0.261 e. The van der Waals surface area contributed by atoms with E-state index in [9.17, 15) is 14.4 Å². The van der Waals surface area contributed by atoms with Gasteiger partial charge in [0.1, 0.15) is 0 Å². The zero-order valence-corrected chi connectivity index (χ0v) is 16.4. The van der Waals surface area contributed by atoms with Gasteiger partial charge in [-0.1, -0.05) is 41.4 Å². The van der Waals surface area contributed by atoms with Crippen molar-refractivity contribution in [3.8, 4) is 0 Å². The average molecular weight is 405 g/mol. The van der Waals surface area contributed by atoms with Crippen LogP contribution in [0.3, 0.4) is 0 Å². The molecule has 0 saturated heterocycles. The first-order valence-corrected chi connectivity index (χ1v) is 9.22. The highest BCUT2D eigenvalue weighted by molar-refractivity contribution is 6.35. The van der Waals surface area contributed by atoms with E-state index in [1.807, 2.05) is 6.92 Å². The summed E-state index contributed by atoms with van der Waals surface area (Å²) >= 11 is 12.1. The second kappa shape index (κ2) is 7.71. The van der Waals surface area contributed by atoms with E-state index in [4.69, 9.17) is 23.2 Å². The van der Waals surface area contributed by atoms with E-state index in [-0.39, 0.29) is 36.7 Å². The molecular formula is C20H18Cl2N2O3. The molecule has 0 bridgehead atoms. The third kappa shape index (κ3) is 3.70. The Hall–Kier alpha value is -2.37. The number of halogens is 2. The molecule has 0 fully saturated rings. The fourth-order valence-corrected chi connectivity index (χ4v) is 3.66. The molecule has 1 atom stereocenters. The molecule has 1 aliphatic heterocycles. The molecule has 7 heteroatoms. The van der Waals surface area contributed by atoms with E-state index in [2.05, 4.69) is 0 Å². The molecule has 0 unspecified atom stereocenters. The molecule has 0 aliphatic carbocycles. The van der Waals surface area contributed by atoms with E-state index >= 15 is 0 Å². The van der Waals surface area contributed by atoms with Crippen molar-refractivity contribution >= 4 is 40.9 Å². The summed E-state index contributed by atoms with van der Waals surface area (Å²) in [5.41, 5.74) is 1.53. The van der Waals surface area contributed by atoms with Crippen LogP contribution in [0.5, 0.6) is 0 Å². The molecule has 3 rings (SSSR count). The Kier molecular flexibility index (Phi) is 5.53. The van der Waals surface area contributed by atoms with Crippen molar-refractivity contribution in [2.24, 2.45) is 0 Å². The van der Waals surface area contributed by atoms with Crippen molar-refractivity contribution in [1.82, 2.24) is 9.80 Å². The summed E-state index contributed by atoms with van der Waals surface area (Å²) in [6.07, 6.45) is 0.0392. The maximum atomic E-state index is 12.6. The van der Waals surface area contributed by atoms with Gasteiger partial charge in [-0.25, -0.2) is 0 Å². The van der Waals surface area contributed by atoms with Crippen molar-refractivity contribution < 1.29 is 14.4 Å². The van der Waals surface area contributed by atoms with Crippen molar-refractivity contribution in [3.63, 3.8) is 0 Å². The molecule has 0 spiro atoms. The largest absolute Gasteiger partial charge is 0.339 e. The normalized spacial score (nSPS) is 14.3. The topological polar surface area (TPSA) is 57.7 Å². The van der Waals surface area contributed by atoms with Gasteiger partial charge in [0.25, 0.3) is 11.8 Å². The predicted molar refractivity (Wildman–Crippen MR) is 104 cm³/mol. The van der Waals surface area contributed by atoms with E-state index in [1.165, 1.54) is 0 Å². The van der Waals surface area contributed by atoms with Crippen molar-refractivity contribution in [2.45, 2.75) is 19.4 Å². The molecule has 140 valence electrons. The maximum Gasteiger partial charge on any atom is 0.261 e. The van der Waals surface area contributed by atoms with Crippen LogP contribution in [0.25, 0.3) is 0 Å². The molecule has 1 aliphatic rings. The summed E-state index contributed by atoms with van der Waals surface area (Å²) in [7, 11) is 1.67. The quantitative estimate of drug-likeness (QED) is 0.701. The van der Waals surface area contributed by atoms with Gasteiger partial charge in [-0.3, -0.25) is 19.3 Å². The van der Waals surface area contributed by atoms with Crippen LogP contribution in [-0.2, 0) is 4.79 Å². The van der Waals surface area contributed by atoms with Gasteiger partial charge >= 0.3 is 0 Å². The molecule has 2 aromatic carbocycles. The second-order valence-corrected chi connectivity index (χ2v) is 7.25. The molecule has 3 amide bonds. The highest BCUT2D eigenvalue weighted by Crippen LogP contribution is 2.29. The molecule has 27 heavy (non-hydrogen) atoms. The molecular weight excluding hydrogens is 387 g/mol. The zero-order valence-electron chi connectivity index (χ0n) is 14.9. The minimum absolute atomic E-state index is 0.0383. The van der Waals surface area contributed by atoms with E-state index in [0.29, 0.717) is 21.2 Å². The fraction of sp³-hybridized carbons (Fsp3) is 0.250. The van der Waals surface area contributed by atoms with Gasteiger partial charge in [0.05, 0.1) is 17.2 Å². The first-order valence-electron chi connectivity index (χ1n) is 8.47. The minimum atomic E-state index is -0.361. The number of carbonyl (C=O) groups is 3. The van der Waals surface area contributed by atoms with Crippen LogP contribution >= 0.6 is 23.2 Å². The molecule has 2 aromatic rings. The van der Waals surface area contributed by atoms with Gasteiger partial charge in [-0.15, -0.1) is 0 Å². The molecule has 0 radical (unpaired) electrons. The number of hydrogen-bond donors (Lipinski definition) is 0. The van der Waals surface area contributed by atoms with E-state index in [1.54, 1.807) is 54.4 Å². The van der Waals surface area contributed by atoms with Crippen LogP contribution in [0.4, 0.5) is 0 Å². The Balaban J connectivity index is 1.66. The summed E-state index contributed by atoms with van der Waals surface area (Å²) in [6.45, 7) is 1.89. The van der Waals surface area contributed by atoms with Gasteiger partial charge in [0.2, 0.25) is 5.91 Å². The number of amides is 3. The Labute approximate surface area is 167 Å². The second-order valence-electron chi connectivity index (χ2n) is 6.40. The Morgan fingerprint density at radius 2 is 1.67 bits per heavy atom. The van der Waals surface area contributed by atoms with Crippen molar-refractivity contribution in [3.05, 3.63) is 69.2 Å². The number of imide groups is 1. The van der Waals surface area contributed by atoms with Gasteiger partial charge in [0, 0.05) is 30.1 Å². The SMILES string of the molecule is C[C@@H](c1ccc(Cl)cc1Cl)N(C)C(=O)CCN1C(=O)c2ccccc2C1=O. The highest BCUT2D eigenvalue weighted by atomic mass is 35.5. The first kappa shape index (κ1) is 19.4. The lowest BCUT2D eigenvalue weighted by Crippen LogP contribution is -2.36. The van der Waals surface area contributed by atoms with Crippen LogP contribution in [-0.4, -0.2) is 41.1 Å². The zero-order chi connectivity index (χ0) is 19.7. The van der Waals surface area contributed by atoms with Crippen molar-refractivity contribution in [1.29, 1.82) is 0 Å². The standard InChI is InChI=1S/C20H18Cl2N2O3/c1-12(14-8-7-13(21)11-17(14)22)23(2)18(25)9-10-24-19(26)15-5-3-4-6-16(15)20(24)27/h3-8,11-12H,9-10H2,1-2H3/t12-/m0/s1. The molecule has 0 aromatic heterocycles. The monoisotopic (exact) mass is 404 g/mol. The number of rotatable bonds is 5. The van der Waals surface area contributed by atoms with Crippen LogP contribution in [0.15, 0.2) is 42.5 Å². The molecule has 5 nitrogen and oxygen atoms in total. The minimum Gasteiger partial charge on any atom is -0.339 e. The Bertz CT molecular complexity index is 894. The summed E-state index contributed by atoms with van der Waals surface area (Å²) in [5.74, 6) is -0.912. The number of fused-ring (bicyclic) bond motifs is 1. The van der Waals surface area contributed by atoms with Gasteiger partial charge in [0.15, 0.2) is 0 Å². The molecule has 0 N–H and O–H groups in total. The maximum absolute atomic E-state index is 12.6. The highest BCUT2D eigenvalue weighted by Gasteiger charge is 2.35. The lowest BCUT2D eigenvalue weighted by atomic mass is 10.1. The predicted octanol–water partition coefficient (Wildman–Crippen LogP) is 4.20. The van der Waals surface area contributed by atoms with Crippen LogP contribution in [0.1, 0.15) is 45.7 Å². The Morgan fingerprint density at radius 1 is 1.07 bits per heavy atom. The number of benzene rings is 2. The lowest BCUT2D eigenvalue weighted by molar-refractivity contribution is -0.131. The number of nitrogens with zero attached hydrogens (tertiary/aromatic N) is 2. The summed E-state index contributed by atoms with van der Waals surface area (Å²) < 4.78 is 0. The summed E-state index contributed by atoms with van der Waals surface area (Å²) in [6, 6.07) is 11.5. The fourth-order valence-electron chi connectivity index (χ4n) is 3.09. The average Bonchev–Trinajstić information content (AvgIpc) is 2.89. The molecule has 0 saturated carbocycles. The van der Waals surface area contributed by atoms with Gasteiger partial charge in [-0.05, 0) is 36.8 Å². The van der Waals surface area contributed by atoms with Gasteiger partial charge in [-0.2, -0.15) is 0 Å². The van der Waals surface area contributed by atoms with Crippen LogP contribution in [0.2, 0.25) is 10.0 Å². The van der Waals surface area contributed by atoms with E-state index in [0.717, 1.165) is 10.5 Å². The third-order valence-corrected chi connectivity index (χ3v) is 5.38. The summed E-state index contributed by atoms with van der Waals surface area (Å²) in [4.78, 5) is 40.0.